The molecule has 4 aromatic rings. The molecule has 3 aromatic heterocycles. The number of rotatable bonds is 3. The first-order valence-electron chi connectivity index (χ1n) is 7.55. The summed E-state index contributed by atoms with van der Waals surface area (Å²) < 4.78 is 21.2. The van der Waals surface area contributed by atoms with Crippen LogP contribution in [0.4, 0.5) is 10.3 Å². The van der Waals surface area contributed by atoms with Crippen LogP contribution in [0.1, 0.15) is 11.5 Å². The summed E-state index contributed by atoms with van der Waals surface area (Å²) in [5.74, 6) is 0.226. The Hall–Kier alpha value is -3.01. The second kappa shape index (κ2) is 6.06. The zero-order valence-corrected chi connectivity index (χ0v) is 15.1. The Balaban J connectivity index is 1.89. The number of nitrogen functional groups attached to an aromatic ring is 1. The lowest BCUT2D eigenvalue weighted by atomic mass is 10.1. The van der Waals surface area contributed by atoms with Gasteiger partial charge in [-0.15, -0.1) is 5.10 Å². The van der Waals surface area contributed by atoms with Crippen molar-refractivity contribution >= 4 is 27.5 Å². The van der Waals surface area contributed by atoms with Gasteiger partial charge in [0.1, 0.15) is 17.3 Å². The number of hydrogen-bond donors (Lipinski definition) is 1. The lowest BCUT2D eigenvalue weighted by molar-refractivity contribution is 0.521. The molecule has 0 bridgehead atoms. The fraction of sp³-hybridized carbons (Fsp3) is 0.125. The molecule has 1 aromatic carbocycles. The highest BCUT2D eigenvalue weighted by Gasteiger charge is 2.19. The van der Waals surface area contributed by atoms with Gasteiger partial charge in [0.05, 0.1) is 16.7 Å². The molecule has 26 heavy (non-hydrogen) atoms. The minimum atomic E-state index is -0.446. The van der Waals surface area contributed by atoms with Crippen molar-refractivity contribution in [2.75, 3.05) is 5.73 Å². The Kier molecular flexibility index (Phi) is 3.83. The number of aryl methyl sites for hydroxylation is 1. The summed E-state index contributed by atoms with van der Waals surface area (Å²) in [5, 5.41) is 4.34. The summed E-state index contributed by atoms with van der Waals surface area (Å²) in [5.41, 5.74) is 7.54. The van der Waals surface area contributed by atoms with Gasteiger partial charge < -0.3 is 10.2 Å². The molecule has 0 fully saturated rings. The maximum Gasteiger partial charge on any atom is 0.353 e. The van der Waals surface area contributed by atoms with E-state index in [4.69, 9.17) is 10.2 Å². The highest BCUT2D eigenvalue weighted by molar-refractivity contribution is 9.10. The van der Waals surface area contributed by atoms with Gasteiger partial charge in [-0.3, -0.25) is 0 Å². The number of nitrogens with two attached hydrogens (primary N) is 1. The van der Waals surface area contributed by atoms with Crippen LogP contribution in [0.2, 0.25) is 0 Å². The highest BCUT2D eigenvalue weighted by Crippen LogP contribution is 2.30. The Labute approximate surface area is 154 Å². The number of hydrogen-bond acceptors (Lipinski definition) is 6. The van der Waals surface area contributed by atoms with Crippen molar-refractivity contribution < 1.29 is 8.81 Å². The van der Waals surface area contributed by atoms with E-state index in [-0.39, 0.29) is 18.3 Å². The molecular weight excluding hydrogens is 407 g/mol. The molecule has 3 heterocycles. The van der Waals surface area contributed by atoms with Gasteiger partial charge in [0.15, 0.2) is 12.0 Å². The van der Waals surface area contributed by atoms with Crippen molar-refractivity contribution in [1.29, 1.82) is 0 Å². The first-order chi connectivity index (χ1) is 12.5. The number of anilines is 1. The largest absolute Gasteiger partial charge is 0.448 e. The van der Waals surface area contributed by atoms with Crippen LogP contribution in [-0.2, 0) is 6.54 Å². The normalized spacial score (nSPS) is 11.3. The molecule has 0 amide bonds. The average molecular weight is 419 g/mol. The lowest BCUT2D eigenvalue weighted by Crippen LogP contribution is -2.24. The van der Waals surface area contributed by atoms with Gasteiger partial charge in [-0.1, -0.05) is 0 Å². The zero-order chi connectivity index (χ0) is 18.4. The number of aromatic nitrogens is 5. The minimum Gasteiger partial charge on any atom is -0.448 e. The molecule has 0 spiro atoms. The van der Waals surface area contributed by atoms with E-state index in [9.17, 15) is 9.18 Å². The predicted octanol–water partition coefficient (Wildman–Crippen LogP) is 2.39. The molecule has 0 saturated heterocycles. The molecule has 0 atom stereocenters. The van der Waals surface area contributed by atoms with Crippen LogP contribution in [0, 0.1) is 12.7 Å². The maximum absolute atomic E-state index is 13.2. The Bertz CT molecular complexity index is 1180. The number of benzene rings is 1. The standard InChI is InChI=1S/C16H12BrFN6O2/c1-8-11(20-7-26-8)6-23-16(25)24-14(22-23)12(17)13(21-15(24)19)9-2-4-10(18)5-3-9/h2-5,7H,6H2,1H3,(H2,19,21). The van der Waals surface area contributed by atoms with Gasteiger partial charge in [0.25, 0.3) is 0 Å². The van der Waals surface area contributed by atoms with Crippen molar-refractivity contribution in [3.63, 3.8) is 0 Å². The zero-order valence-electron chi connectivity index (χ0n) is 13.5. The molecule has 0 saturated carbocycles. The van der Waals surface area contributed by atoms with Crippen LogP contribution in [0.25, 0.3) is 16.9 Å². The molecule has 8 nitrogen and oxygen atoms in total. The monoisotopic (exact) mass is 418 g/mol. The number of fused-ring (bicyclic) bond motifs is 1. The molecule has 0 aliphatic carbocycles. The van der Waals surface area contributed by atoms with Crippen molar-refractivity contribution in [3.8, 4) is 11.3 Å². The van der Waals surface area contributed by atoms with E-state index in [0.717, 1.165) is 0 Å². The van der Waals surface area contributed by atoms with Crippen molar-refractivity contribution in [3.05, 3.63) is 62.9 Å². The van der Waals surface area contributed by atoms with Gasteiger partial charge in [-0.25, -0.2) is 28.2 Å². The molecular formula is C16H12BrFN6O2. The van der Waals surface area contributed by atoms with Crippen LogP contribution < -0.4 is 11.4 Å². The highest BCUT2D eigenvalue weighted by atomic mass is 79.9. The third-order valence-electron chi connectivity index (χ3n) is 3.96. The summed E-state index contributed by atoms with van der Waals surface area (Å²) in [6.45, 7) is 1.89. The molecule has 2 N–H and O–H groups in total. The summed E-state index contributed by atoms with van der Waals surface area (Å²) in [6, 6.07) is 5.79. The molecule has 0 aliphatic rings. The van der Waals surface area contributed by atoms with E-state index in [1.165, 1.54) is 27.6 Å². The summed E-state index contributed by atoms with van der Waals surface area (Å²) in [6.07, 6.45) is 1.31. The number of nitrogens with zero attached hydrogens (tertiary/aromatic N) is 5. The molecule has 0 aliphatic heterocycles. The first kappa shape index (κ1) is 16.5. The SMILES string of the molecule is Cc1ocnc1Cn1nc2c(Br)c(-c3ccc(F)cc3)nc(N)n2c1=O. The summed E-state index contributed by atoms with van der Waals surface area (Å²) in [4.78, 5) is 21.0. The molecule has 10 heteroatoms. The van der Waals surface area contributed by atoms with Crippen LogP contribution in [0.5, 0.6) is 0 Å². The quantitative estimate of drug-likeness (QED) is 0.547. The van der Waals surface area contributed by atoms with Gasteiger partial charge >= 0.3 is 5.69 Å². The average Bonchev–Trinajstić information content (AvgIpc) is 3.17. The Morgan fingerprint density at radius 3 is 2.69 bits per heavy atom. The maximum atomic E-state index is 13.2. The minimum absolute atomic E-state index is 0.0179. The third-order valence-corrected chi connectivity index (χ3v) is 4.69. The van der Waals surface area contributed by atoms with Gasteiger partial charge in [-0.2, -0.15) is 0 Å². The van der Waals surface area contributed by atoms with Gasteiger partial charge in [0.2, 0.25) is 5.95 Å². The van der Waals surface area contributed by atoms with Gasteiger partial charge in [-0.05, 0) is 47.1 Å². The molecule has 0 radical (unpaired) electrons. The second-order valence-electron chi connectivity index (χ2n) is 5.59. The second-order valence-corrected chi connectivity index (χ2v) is 6.39. The number of halogens is 2. The van der Waals surface area contributed by atoms with E-state index in [2.05, 4.69) is 31.0 Å². The number of oxazole rings is 1. The summed E-state index contributed by atoms with van der Waals surface area (Å²) in [7, 11) is 0. The Morgan fingerprint density at radius 1 is 1.31 bits per heavy atom. The topological polar surface area (TPSA) is 104 Å². The van der Waals surface area contributed by atoms with E-state index in [1.807, 2.05) is 0 Å². The van der Waals surface area contributed by atoms with E-state index < -0.39 is 5.69 Å². The Morgan fingerprint density at radius 2 is 2.04 bits per heavy atom. The molecule has 0 unspecified atom stereocenters. The van der Waals surface area contributed by atoms with E-state index >= 15 is 0 Å². The van der Waals surface area contributed by atoms with Crippen molar-refractivity contribution in [2.24, 2.45) is 0 Å². The summed E-state index contributed by atoms with van der Waals surface area (Å²) >= 11 is 3.43. The fourth-order valence-corrected chi connectivity index (χ4v) is 3.17. The van der Waals surface area contributed by atoms with E-state index in [0.29, 0.717) is 32.8 Å². The third kappa shape index (κ3) is 2.58. The van der Waals surface area contributed by atoms with E-state index in [1.54, 1.807) is 19.1 Å². The van der Waals surface area contributed by atoms with Crippen molar-refractivity contribution in [1.82, 2.24) is 24.1 Å². The lowest BCUT2D eigenvalue weighted by Gasteiger charge is -2.06. The van der Waals surface area contributed by atoms with Crippen LogP contribution in [0.15, 0.2) is 44.3 Å². The van der Waals surface area contributed by atoms with Crippen LogP contribution in [0.3, 0.4) is 0 Å². The smallest absolute Gasteiger partial charge is 0.353 e. The predicted molar refractivity (Wildman–Crippen MR) is 95.1 cm³/mol. The van der Waals surface area contributed by atoms with Crippen molar-refractivity contribution in [2.45, 2.75) is 13.5 Å². The molecule has 4 rings (SSSR count). The van der Waals surface area contributed by atoms with Crippen LogP contribution >= 0.6 is 15.9 Å². The fourth-order valence-electron chi connectivity index (χ4n) is 2.60. The molecule has 132 valence electrons. The first-order valence-corrected chi connectivity index (χ1v) is 8.34. The van der Waals surface area contributed by atoms with Gasteiger partial charge in [0, 0.05) is 5.56 Å². The van der Waals surface area contributed by atoms with Crippen LogP contribution in [-0.4, -0.2) is 24.1 Å².